The molecule has 150 valence electrons. The molecular weight excluding hydrogens is 374 g/mol. The Bertz CT molecular complexity index is 982. The van der Waals surface area contributed by atoms with Gasteiger partial charge in [-0.25, -0.2) is 9.97 Å². The summed E-state index contributed by atoms with van der Waals surface area (Å²) in [5, 5.41) is 10.4. The highest BCUT2D eigenvalue weighted by Gasteiger charge is 2.14. The van der Waals surface area contributed by atoms with E-state index < -0.39 is 0 Å². The number of hydrogen-bond acceptors (Lipinski definition) is 6. The number of aryl methyl sites for hydroxylation is 1. The fraction of sp³-hybridized carbons (Fsp3) is 0.450. The smallest absolute Gasteiger partial charge is 0.170 e. The summed E-state index contributed by atoms with van der Waals surface area (Å²) >= 11 is 1.70. The van der Waals surface area contributed by atoms with Crippen LogP contribution in [-0.2, 0) is 13.1 Å². The lowest BCUT2D eigenvalue weighted by Gasteiger charge is -2.17. The van der Waals surface area contributed by atoms with E-state index in [-0.39, 0.29) is 0 Å². The number of rotatable bonds is 9. The Hall–Kier alpha value is -2.48. The van der Waals surface area contributed by atoms with Crippen molar-refractivity contribution >= 4 is 22.7 Å². The zero-order valence-corrected chi connectivity index (χ0v) is 17.6. The Labute approximate surface area is 169 Å². The maximum absolute atomic E-state index is 8.81. The molecule has 0 atom stereocenters. The fourth-order valence-electron chi connectivity index (χ4n) is 2.94. The number of nitrogens with zero attached hydrogens (tertiary/aromatic N) is 4. The normalized spacial score (nSPS) is 11.3. The van der Waals surface area contributed by atoms with Gasteiger partial charge in [-0.3, -0.25) is 5.41 Å². The van der Waals surface area contributed by atoms with E-state index >= 15 is 0 Å². The van der Waals surface area contributed by atoms with Crippen molar-refractivity contribution < 1.29 is 9.47 Å². The average molecular weight is 402 g/mol. The molecule has 1 aromatic carbocycles. The summed E-state index contributed by atoms with van der Waals surface area (Å²) in [6, 6.07) is 3.69. The number of aromatic nitrogens is 4. The lowest BCUT2D eigenvalue weighted by Crippen LogP contribution is -2.24. The van der Waals surface area contributed by atoms with Gasteiger partial charge in [-0.1, -0.05) is 25.6 Å². The van der Waals surface area contributed by atoms with Gasteiger partial charge >= 0.3 is 0 Å². The molecule has 0 aliphatic rings. The summed E-state index contributed by atoms with van der Waals surface area (Å²) in [5.74, 6) is 2.73. The molecule has 3 aromatic rings. The fourth-order valence-corrected chi connectivity index (χ4v) is 3.93. The van der Waals surface area contributed by atoms with Crippen LogP contribution in [0.2, 0.25) is 0 Å². The van der Waals surface area contributed by atoms with Gasteiger partial charge in [0.05, 0.1) is 26.1 Å². The molecule has 0 aliphatic carbocycles. The minimum absolute atomic E-state index is 0.447. The second-order valence-corrected chi connectivity index (χ2v) is 7.97. The summed E-state index contributed by atoms with van der Waals surface area (Å²) in [6.07, 6.45) is 6.44. The van der Waals surface area contributed by atoms with Crippen LogP contribution < -0.4 is 15.0 Å². The van der Waals surface area contributed by atoms with Gasteiger partial charge in [0.2, 0.25) is 0 Å². The molecule has 1 N–H and O–H groups in total. The van der Waals surface area contributed by atoms with E-state index in [0.717, 1.165) is 34.8 Å². The highest BCUT2D eigenvalue weighted by Crippen LogP contribution is 2.31. The van der Waals surface area contributed by atoms with Crippen LogP contribution >= 0.6 is 11.8 Å². The van der Waals surface area contributed by atoms with Gasteiger partial charge in [-0.15, -0.1) is 0 Å². The number of benzene rings is 1. The minimum Gasteiger partial charge on any atom is -0.493 e. The molecule has 0 amide bonds. The Morgan fingerprint density at radius 2 is 1.89 bits per heavy atom. The highest BCUT2D eigenvalue weighted by atomic mass is 32.2. The topological polar surface area (TPSA) is 78.0 Å². The quantitative estimate of drug-likeness (QED) is 0.438. The standard InChI is InChI=1S/C20H27N5O2S/c1-14(2)12-28-20-23-16-11-18(27-4)17(26-3)10-15(16)19(21)25(20)8-5-7-24-9-6-22-13-24/h6,9-11,13-14,21H,5,7-8,12H2,1-4H3. The van der Waals surface area contributed by atoms with Gasteiger partial charge in [-0.2, -0.15) is 0 Å². The van der Waals surface area contributed by atoms with Crippen LogP contribution in [-0.4, -0.2) is 39.1 Å². The first-order valence-corrected chi connectivity index (χ1v) is 10.3. The predicted octanol–water partition coefficient (Wildman–Crippen LogP) is 3.57. The molecule has 0 unspecified atom stereocenters. The molecule has 0 saturated carbocycles. The number of fused-ring (bicyclic) bond motifs is 1. The van der Waals surface area contributed by atoms with Gasteiger partial charge in [0.15, 0.2) is 16.7 Å². The number of hydrogen-bond donors (Lipinski definition) is 1. The van der Waals surface area contributed by atoms with Crippen LogP contribution in [0.3, 0.4) is 0 Å². The van der Waals surface area contributed by atoms with E-state index in [2.05, 4.69) is 18.8 Å². The van der Waals surface area contributed by atoms with Crippen LogP contribution in [0.5, 0.6) is 11.5 Å². The zero-order valence-electron chi connectivity index (χ0n) is 16.8. The van der Waals surface area contributed by atoms with Gasteiger partial charge in [-0.05, 0) is 18.4 Å². The highest BCUT2D eigenvalue weighted by molar-refractivity contribution is 7.99. The molecule has 7 nitrogen and oxygen atoms in total. The Morgan fingerprint density at radius 1 is 1.14 bits per heavy atom. The summed E-state index contributed by atoms with van der Waals surface area (Å²) in [6.45, 7) is 5.94. The van der Waals surface area contributed by atoms with Gasteiger partial charge in [0.1, 0.15) is 5.49 Å². The Kier molecular flexibility index (Phi) is 6.61. The number of methoxy groups -OCH3 is 2. The number of thioether (sulfide) groups is 1. The molecule has 2 aromatic heterocycles. The van der Waals surface area contributed by atoms with Gasteiger partial charge in [0.25, 0.3) is 0 Å². The summed E-state index contributed by atoms with van der Waals surface area (Å²) < 4.78 is 14.9. The van der Waals surface area contributed by atoms with Crippen LogP contribution in [0.1, 0.15) is 20.3 Å². The minimum atomic E-state index is 0.447. The SMILES string of the molecule is COc1cc2nc(SCC(C)C)n(CCCn3ccnc3)c(=N)c2cc1OC. The van der Waals surface area contributed by atoms with Crippen LogP contribution in [0, 0.1) is 11.3 Å². The molecule has 28 heavy (non-hydrogen) atoms. The third-order valence-corrected chi connectivity index (χ3v) is 5.78. The largest absolute Gasteiger partial charge is 0.493 e. The van der Waals surface area contributed by atoms with Crippen molar-refractivity contribution in [2.45, 2.75) is 38.5 Å². The van der Waals surface area contributed by atoms with Gasteiger partial charge < -0.3 is 18.6 Å². The van der Waals surface area contributed by atoms with Crippen molar-refractivity contribution in [3.63, 3.8) is 0 Å². The van der Waals surface area contributed by atoms with E-state index in [1.165, 1.54) is 0 Å². The number of ether oxygens (including phenoxy) is 2. The number of imidazole rings is 1. The molecule has 0 saturated heterocycles. The van der Waals surface area contributed by atoms with Gasteiger partial charge in [0, 0.05) is 42.7 Å². The third-order valence-electron chi connectivity index (χ3n) is 4.38. The molecule has 0 radical (unpaired) electrons. The van der Waals surface area contributed by atoms with E-state index in [4.69, 9.17) is 19.9 Å². The van der Waals surface area contributed by atoms with E-state index in [9.17, 15) is 0 Å². The summed E-state index contributed by atoms with van der Waals surface area (Å²) in [5.41, 5.74) is 1.20. The summed E-state index contributed by atoms with van der Waals surface area (Å²) in [7, 11) is 3.21. The first-order chi connectivity index (χ1) is 13.5. The Morgan fingerprint density at radius 3 is 2.54 bits per heavy atom. The molecule has 3 rings (SSSR count). The van der Waals surface area contributed by atoms with Crippen LogP contribution in [0.15, 0.2) is 36.0 Å². The first kappa shape index (κ1) is 20.3. The monoisotopic (exact) mass is 401 g/mol. The number of nitrogens with one attached hydrogen (secondary N) is 1. The maximum Gasteiger partial charge on any atom is 0.170 e. The molecule has 0 aliphatic heterocycles. The molecule has 0 bridgehead atoms. The molecular formula is C20H27N5O2S. The van der Waals surface area contributed by atoms with Crippen LogP contribution in [0.4, 0.5) is 0 Å². The van der Waals surface area contributed by atoms with E-state index in [0.29, 0.717) is 29.4 Å². The van der Waals surface area contributed by atoms with Crippen molar-refractivity contribution in [1.29, 1.82) is 5.41 Å². The summed E-state index contributed by atoms with van der Waals surface area (Å²) in [4.78, 5) is 8.94. The van der Waals surface area contributed by atoms with Crippen molar-refractivity contribution in [2.75, 3.05) is 20.0 Å². The van der Waals surface area contributed by atoms with E-state index in [1.807, 2.05) is 33.8 Å². The van der Waals surface area contributed by atoms with Crippen molar-refractivity contribution in [3.05, 3.63) is 36.3 Å². The maximum atomic E-state index is 8.81. The van der Waals surface area contributed by atoms with Crippen molar-refractivity contribution in [1.82, 2.24) is 19.1 Å². The Balaban J connectivity index is 2.00. The first-order valence-electron chi connectivity index (χ1n) is 9.33. The second-order valence-electron chi connectivity index (χ2n) is 6.98. The average Bonchev–Trinajstić information content (AvgIpc) is 3.20. The molecule has 0 spiro atoms. The third kappa shape index (κ3) is 4.49. The lowest BCUT2D eigenvalue weighted by atomic mass is 10.2. The molecule has 8 heteroatoms. The van der Waals surface area contributed by atoms with Crippen LogP contribution in [0.25, 0.3) is 10.9 Å². The predicted molar refractivity (Wildman–Crippen MR) is 111 cm³/mol. The molecule has 0 fully saturated rings. The van der Waals surface area contributed by atoms with E-state index in [1.54, 1.807) is 32.2 Å². The lowest BCUT2D eigenvalue weighted by molar-refractivity contribution is 0.355. The van der Waals surface area contributed by atoms with Crippen molar-refractivity contribution in [2.24, 2.45) is 5.92 Å². The molecule has 2 heterocycles. The second kappa shape index (κ2) is 9.14. The zero-order chi connectivity index (χ0) is 20.1. The van der Waals surface area contributed by atoms with Crippen molar-refractivity contribution in [3.8, 4) is 11.5 Å².